The highest BCUT2D eigenvalue weighted by atomic mass is 15.2. The minimum Gasteiger partial charge on any atom is -0.368 e. The third kappa shape index (κ3) is 12.7. The monoisotopic (exact) mass is 1040 g/mol. The smallest absolute Gasteiger partial charge is 0.226 e. The first-order valence-electron chi connectivity index (χ1n) is 26.9. The molecule has 2 N–H and O–H groups in total. The minimum atomic E-state index is 0.281. The summed E-state index contributed by atoms with van der Waals surface area (Å²) in [5.74, 6) is 0.998. The van der Waals surface area contributed by atoms with E-state index in [0.717, 1.165) is 97.9 Å². The quantitative estimate of drug-likeness (QED) is 0.109. The van der Waals surface area contributed by atoms with Crippen molar-refractivity contribution >= 4 is 46.0 Å². The van der Waals surface area contributed by atoms with Gasteiger partial charge in [-0.05, 0) is 132 Å². The Hall–Kier alpha value is -10.4. The van der Waals surface area contributed by atoms with Crippen LogP contribution in [-0.2, 0) is 13.1 Å². The molecule has 0 aliphatic heterocycles. The number of anilines is 8. The van der Waals surface area contributed by atoms with Crippen LogP contribution in [0.25, 0.3) is 44.8 Å². The summed E-state index contributed by atoms with van der Waals surface area (Å²) in [6.07, 6.45) is 3.54. The Morgan fingerprint density at radius 2 is 0.600 bits per heavy atom. The Labute approximate surface area is 469 Å². The van der Waals surface area contributed by atoms with Crippen molar-refractivity contribution in [1.29, 1.82) is 0 Å². The van der Waals surface area contributed by atoms with Crippen LogP contribution in [0, 0.1) is 13.8 Å². The van der Waals surface area contributed by atoms with Crippen LogP contribution in [0.5, 0.6) is 0 Å². The molecule has 12 aromatic rings. The normalized spacial score (nSPS) is 10.8. The number of nitrogen functional groups attached to an aromatic ring is 1. The summed E-state index contributed by atoms with van der Waals surface area (Å²) < 4.78 is 0. The van der Waals surface area contributed by atoms with Crippen molar-refractivity contribution in [1.82, 2.24) is 19.9 Å². The number of benzene rings is 10. The van der Waals surface area contributed by atoms with Gasteiger partial charge in [-0.3, -0.25) is 0 Å². The summed E-state index contributed by atoms with van der Waals surface area (Å²) >= 11 is 0. The van der Waals surface area contributed by atoms with Gasteiger partial charge in [-0.15, -0.1) is 0 Å². The Morgan fingerprint density at radius 1 is 0.300 bits per heavy atom. The van der Waals surface area contributed by atoms with E-state index in [1.807, 2.05) is 30.5 Å². The lowest BCUT2D eigenvalue weighted by Crippen LogP contribution is -2.24. The lowest BCUT2D eigenvalue weighted by molar-refractivity contribution is 0.764. The molecule has 8 nitrogen and oxygen atoms in total. The van der Waals surface area contributed by atoms with Gasteiger partial charge in [0.25, 0.3) is 0 Å². The summed E-state index contributed by atoms with van der Waals surface area (Å²) in [5, 5.41) is 0. The molecular weight excluding hydrogens is 977 g/mol. The van der Waals surface area contributed by atoms with Crippen molar-refractivity contribution in [2.75, 3.05) is 20.4 Å². The van der Waals surface area contributed by atoms with E-state index in [2.05, 4.69) is 293 Å². The maximum atomic E-state index is 5.71. The molecule has 2 aromatic heterocycles. The molecule has 0 amide bonds. The standard InChI is InChI=1S/C44H38N4.C28H22N4/c1-33-13-17-35(18-14-33)31-47(32-36-19-15-34(2)16-20-36)44-45-30-29-43(46-44)39-23-21-37(22-24-39)38-25-27-42(28-26-38)48(40-9-5-3-6-10-40)41-11-7-4-8-12-41;29-28-30-20-19-27(31-28)23-13-11-21(12-14-23)22-15-17-26(18-16-22)32(24-7-3-1-4-8-24)25-9-5-2-6-10-25/h3-30H,31-32H2,1-2H3;1-20H,(H2,29,30,31). The fraction of sp³-hybridized carbons (Fsp3) is 0.0556. The van der Waals surface area contributed by atoms with E-state index in [0.29, 0.717) is 0 Å². The number of para-hydroxylation sites is 4. The van der Waals surface area contributed by atoms with E-state index >= 15 is 0 Å². The highest BCUT2D eigenvalue weighted by molar-refractivity contribution is 5.80. The number of nitrogens with two attached hydrogens (primary N) is 1. The van der Waals surface area contributed by atoms with Gasteiger partial charge >= 0.3 is 0 Å². The molecule has 10 aromatic carbocycles. The van der Waals surface area contributed by atoms with Gasteiger partial charge in [-0.2, -0.15) is 0 Å². The van der Waals surface area contributed by atoms with Gasteiger partial charge in [0.1, 0.15) is 0 Å². The van der Waals surface area contributed by atoms with Crippen LogP contribution in [0.1, 0.15) is 22.3 Å². The molecule has 0 unspecified atom stereocenters. The molecule has 0 saturated carbocycles. The molecule has 0 bridgehead atoms. The van der Waals surface area contributed by atoms with Crippen LogP contribution in [0.4, 0.5) is 46.0 Å². The molecular formula is C72H60N8. The largest absolute Gasteiger partial charge is 0.368 e. The summed E-state index contributed by atoms with van der Waals surface area (Å²) in [6.45, 7) is 5.68. The van der Waals surface area contributed by atoms with Crippen molar-refractivity contribution < 1.29 is 0 Å². The number of nitrogens with zero attached hydrogens (tertiary/aromatic N) is 7. The molecule has 8 heteroatoms. The van der Waals surface area contributed by atoms with E-state index in [4.69, 9.17) is 15.7 Å². The number of aromatic nitrogens is 4. The Morgan fingerprint density at radius 3 is 0.950 bits per heavy atom. The Bertz CT molecular complexity index is 3740. The van der Waals surface area contributed by atoms with Crippen LogP contribution in [0.2, 0.25) is 0 Å². The van der Waals surface area contributed by atoms with E-state index < -0.39 is 0 Å². The second kappa shape index (κ2) is 24.7. The van der Waals surface area contributed by atoms with E-state index in [1.165, 1.54) is 22.3 Å². The predicted molar refractivity (Wildman–Crippen MR) is 332 cm³/mol. The Kier molecular flexibility index (Phi) is 15.9. The highest BCUT2D eigenvalue weighted by Gasteiger charge is 2.16. The van der Waals surface area contributed by atoms with Crippen molar-refractivity contribution in [3.05, 3.63) is 314 Å². The third-order valence-corrected chi connectivity index (χ3v) is 13.9. The van der Waals surface area contributed by atoms with Crippen LogP contribution in [-0.4, -0.2) is 19.9 Å². The first kappa shape index (κ1) is 51.7. The average Bonchev–Trinajstić information content (AvgIpc) is 3.53. The average molecular weight is 1040 g/mol. The van der Waals surface area contributed by atoms with Crippen molar-refractivity contribution in [2.24, 2.45) is 0 Å². The fourth-order valence-corrected chi connectivity index (χ4v) is 9.70. The fourth-order valence-electron chi connectivity index (χ4n) is 9.70. The summed E-state index contributed by atoms with van der Waals surface area (Å²) in [6, 6.07) is 97.4. The number of aryl methyl sites for hydroxylation is 2. The van der Waals surface area contributed by atoms with Gasteiger partial charge in [0.15, 0.2) is 0 Å². The van der Waals surface area contributed by atoms with Gasteiger partial charge in [0.2, 0.25) is 11.9 Å². The van der Waals surface area contributed by atoms with Gasteiger partial charge < -0.3 is 20.4 Å². The maximum Gasteiger partial charge on any atom is 0.226 e. The van der Waals surface area contributed by atoms with Crippen molar-refractivity contribution in [2.45, 2.75) is 26.9 Å². The van der Waals surface area contributed by atoms with E-state index in [-0.39, 0.29) is 5.95 Å². The lowest BCUT2D eigenvalue weighted by atomic mass is 10.0. The zero-order valence-electron chi connectivity index (χ0n) is 44.8. The number of hydrogen-bond acceptors (Lipinski definition) is 8. The van der Waals surface area contributed by atoms with E-state index in [9.17, 15) is 0 Å². The lowest BCUT2D eigenvalue weighted by Gasteiger charge is -2.25. The predicted octanol–water partition coefficient (Wildman–Crippen LogP) is 18.0. The van der Waals surface area contributed by atoms with Crippen LogP contribution in [0.3, 0.4) is 0 Å². The zero-order chi connectivity index (χ0) is 54.5. The maximum absolute atomic E-state index is 5.71. The topological polar surface area (TPSA) is 87.3 Å². The molecule has 2 heterocycles. The molecule has 0 saturated heterocycles. The molecule has 0 aliphatic rings. The molecule has 0 fully saturated rings. The first-order chi connectivity index (χ1) is 39.4. The van der Waals surface area contributed by atoms with Crippen LogP contribution in [0.15, 0.2) is 291 Å². The third-order valence-electron chi connectivity index (χ3n) is 13.9. The summed E-state index contributed by atoms with van der Waals surface area (Å²) in [5.41, 5.74) is 25.8. The van der Waals surface area contributed by atoms with Gasteiger partial charge in [0.05, 0.1) is 11.4 Å². The van der Waals surface area contributed by atoms with Crippen molar-refractivity contribution in [3.8, 4) is 44.8 Å². The molecule has 0 spiro atoms. The Balaban J connectivity index is 0.000000183. The summed E-state index contributed by atoms with van der Waals surface area (Å²) in [7, 11) is 0. The molecule has 0 aliphatic carbocycles. The number of hydrogen-bond donors (Lipinski definition) is 1. The zero-order valence-corrected chi connectivity index (χ0v) is 44.8. The second-order valence-electron chi connectivity index (χ2n) is 19.6. The minimum absolute atomic E-state index is 0.281. The molecule has 80 heavy (non-hydrogen) atoms. The van der Waals surface area contributed by atoms with Gasteiger partial charge in [0, 0.05) is 70.7 Å². The van der Waals surface area contributed by atoms with Crippen LogP contribution >= 0.6 is 0 Å². The van der Waals surface area contributed by atoms with E-state index in [1.54, 1.807) is 6.20 Å². The van der Waals surface area contributed by atoms with Crippen molar-refractivity contribution in [3.63, 3.8) is 0 Å². The second-order valence-corrected chi connectivity index (χ2v) is 19.6. The molecule has 12 rings (SSSR count). The molecule has 0 radical (unpaired) electrons. The highest BCUT2D eigenvalue weighted by Crippen LogP contribution is 2.38. The van der Waals surface area contributed by atoms with Gasteiger partial charge in [-0.1, -0.05) is 205 Å². The first-order valence-corrected chi connectivity index (χ1v) is 26.9. The molecule has 0 atom stereocenters. The SMILES string of the molecule is Cc1ccc(CN(Cc2ccc(C)cc2)c2nccc(-c3ccc(-c4ccc(N(c5ccccc5)c5ccccc5)cc4)cc3)n2)cc1.Nc1nccc(-c2ccc(-c3ccc(N(c4ccccc4)c4ccccc4)cc3)cc2)n1. The summed E-state index contributed by atoms with van der Waals surface area (Å²) in [4.78, 5) is 24.8. The van der Waals surface area contributed by atoms with Crippen LogP contribution < -0.4 is 20.4 Å². The number of rotatable bonds is 15. The molecule has 388 valence electrons. The van der Waals surface area contributed by atoms with Gasteiger partial charge in [-0.25, -0.2) is 19.9 Å².